The number of anilines is 1. The van der Waals surface area contributed by atoms with Crippen LogP contribution in [0.25, 0.3) is 0 Å². The van der Waals surface area contributed by atoms with Gasteiger partial charge in [-0.25, -0.2) is 0 Å². The summed E-state index contributed by atoms with van der Waals surface area (Å²) in [5, 5.41) is 0. The number of rotatable bonds is 7. The van der Waals surface area contributed by atoms with E-state index in [2.05, 4.69) is 26.8 Å². The molecule has 1 atom stereocenters. The second-order valence-corrected chi connectivity index (χ2v) is 6.90. The zero-order chi connectivity index (χ0) is 19.1. The van der Waals surface area contributed by atoms with Gasteiger partial charge in [-0.15, -0.1) is 24.8 Å². The van der Waals surface area contributed by atoms with E-state index in [9.17, 15) is 4.79 Å². The van der Waals surface area contributed by atoms with Gasteiger partial charge in [0.05, 0.1) is 20.1 Å². The molecule has 1 aliphatic rings. The van der Waals surface area contributed by atoms with Gasteiger partial charge in [-0.3, -0.25) is 9.78 Å². The van der Waals surface area contributed by atoms with E-state index in [4.69, 9.17) is 10.5 Å². The molecule has 29 heavy (non-hydrogen) atoms. The fourth-order valence-electron chi connectivity index (χ4n) is 3.32. The number of aromatic nitrogens is 1. The number of ether oxygens (including phenoxy) is 2. The zero-order valence-electron chi connectivity index (χ0n) is 16.5. The molecule has 8 heteroatoms. The summed E-state index contributed by atoms with van der Waals surface area (Å²) in [6.45, 7) is 2.80. The van der Waals surface area contributed by atoms with Crippen LogP contribution in [0.15, 0.2) is 48.8 Å². The molecule has 2 aromatic rings. The average molecular weight is 442 g/mol. The van der Waals surface area contributed by atoms with Crippen LogP contribution in [0.3, 0.4) is 0 Å². The molecule has 2 N–H and O–H groups in total. The first-order valence-electron chi connectivity index (χ1n) is 9.36. The zero-order valence-corrected chi connectivity index (χ0v) is 18.2. The number of nitrogens with zero attached hydrogens (tertiary/aromatic N) is 2. The predicted molar refractivity (Wildman–Crippen MR) is 119 cm³/mol. The Morgan fingerprint density at radius 3 is 2.34 bits per heavy atom. The monoisotopic (exact) mass is 441 g/mol. The maximum Gasteiger partial charge on any atom is 0.307 e. The molecule has 0 spiro atoms. The number of methoxy groups -OCH3 is 1. The van der Waals surface area contributed by atoms with Gasteiger partial charge in [0.2, 0.25) is 0 Å². The van der Waals surface area contributed by atoms with Crippen molar-refractivity contribution in [3.8, 4) is 5.75 Å². The third-order valence-electron chi connectivity index (χ3n) is 5.05. The Bertz CT molecular complexity index is 724. The molecule has 6 nitrogen and oxygen atoms in total. The largest absolute Gasteiger partial charge is 0.493 e. The van der Waals surface area contributed by atoms with Gasteiger partial charge in [0, 0.05) is 37.2 Å². The van der Waals surface area contributed by atoms with Crippen molar-refractivity contribution in [2.24, 2.45) is 11.7 Å². The topological polar surface area (TPSA) is 77.7 Å². The average Bonchev–Trinajstić information content (AvgIpc) is 2.73. The van der Waals surface area contributed by atoms with Crippen molar-refractivity contribution in [1.82, 2.24) is 4.98 Å². The van der Waals surface area contributed by atoms with E-state index in [0.717, 1.165) is 43.9 Å². The van der Waals surface area contributed by atoms with Crippen molar-refractivity contribution in [2.75, 3.05) is 31.7 Å². The highest BCUT2D eigenvalue weighted by Crippen LogP contribution is 2.24. The number of hydrogen-bond donors (Lipinski definition) is 1. The van der Waals surface area contributed by atoms with Crippen LogP contribution in [-0.2, 0) is 9.53 Å². The van der Waals surface area contributed by atoms with E-state index >= 15 is 0 Å². The maximum absolute atomic E-state index is 11.3. The molecule has 3 rings (SSSR count). The smallest absolute Gasteiger partial charge is 0.307 e. The summed E-state index contributed by atoms with van der Waals surface area (Å²) in [4.78, 5) is 17.8. The predicted octanol–water partition coefficient (Wildman–Crippen LogP) is 3.78. The second kappa shape index (κ2) is 12.5. The number of nitrogens with two attached hydrogens (primary N) is 1. The standard InChI is InChI=1S/C21H27N3O3.2ClH/c1-26-21(25)14-20(22)17-2-4-19(5-3-17)27-15-16-8-12-24(13-9-16)18-6-10-23-11-7-18;;/h2-7,10-11,16,20H,8-9,12-15,22H2,1H3;2*1H. The molecule has 0 amide bonds. The Balaban J connectivity index is 0.00000210. The third-order valence-corrected chi connectivity index (χ3v) is 5.05. The van der Waals surface area contributed by atoms with Crippen LogP contribution >= 0.6 is 24.8 Å². The molecule has 0 radical (unpaired) electrons. The first kappa shape index (κ1) is 25.0. The highest BCUT2D eigenvalue weighted by atomic mass is 35.5. The summed E-state index contributed by atoms with van der Waals surface area (Å²) >= 11 is 0. The molecule has 0 bridgehead atoms. The summed E-state index contributed by atoms with van der Waals surface area (Å²) in [6.07, 6.45) is 6.08. The van der Waals surface area contributed by atoms with Crippen LogP contribution in [-0.4, -0.2) is 37.8 Å². The van der Waals surface area contributed by atoms with Crippen LogP contribution in [0.4, 0.5) is 5.69 Å². The van der Waals surface area contributed by atoms with E-state index < -0.39 is 0 Å². The Hall–Kier alpha value is -2.02. The fourth-order valence-corrected chi connectivity index (χ4v) is 3.32. The molecule has 1 fully saturated rings. The summed E-state index contributed by atoms with van der Waals surface area (Å²) in [6, 6.07) is 11.4. The Labute approximate surface area is 184 Å². The molecule has 1 saturated heterocycles. The lowest BCUT2D eigenvalue weighted by Crippen LogP contribution is -2.35. The molecule has 1 aromatic heterocycles. The van der Waals surface area contributed by atoms with Crippen molar-refractivity contribution in [1.29, 1.82) is 0 Å². The van der Waals surface area contributed by atoms with Crippen LogP contribution in [0.2, 0.25) is 0 Å². The van der Waals surface area contributed by atoms with Gasteiger partial charge in [0.1, 0.15) is 5.75 Å². The van der Waals surface area contributed by atoms with E-state index in [1.54, 1.807) is 0 Å². The summed E-state index contributed by atoms with van der Waals surface area (Å²) in [5.41, 5.74) is 8.16. The molecular formula is C21H29Cl2N3O3. The van der Waals surface area contributed by atoms with Crippen LogP contribution in [0, 0.1) is 5.92 Å². The van der Waals surface area contributed by atoms with Crippen LogP contribution in [0.1, 0.15) is 30.9 Å². The van der Waals surface area contributed by atoms with Crippen LogP contribution < -0.4 is 15.4 Å². The summed E-state index contributed by atoms with van der Waals surface area (Å²) < 4.78 is 10.6. The highest BCUT2D eigenvalue weighted by molar-refractivity contribution is 5.85. The molecule has 2 heterocycles. The lowest BCUT2D eigenvalue weighted by molar-refractivity contribution is -0.141. The molecule has 1 unspecified atom stereocenters. The van der Waals surface area contributed by atoms with E-state index in [1.165, 1.54) is 12.8 Å². The van der Waals surface area contributed by atoms with Gasteiger partial charge >= 0.3 is 5.97 Å². The van der Waals surface area contributed by atoms with Gasteiger partial charge in [-0.1, -0.05) is 12.1 Å². The van der Waals surface area contributed by atoms with E-state index in [0.29, 0.717) is 5.92 Å². The first-order valence-corrected chi connectivity index (χ1v) is 9.36. The SMILES string of the molecule is COC(=O)CC(N)c1ccc(OCC2CCN(c3ccncc3)CC2)cc1.Cl.Cl. The van der Waals surface area contributed by atoms with Gasteiger partial charge in [-0.2, -0.15) is 0 Å². The quantitative estimate of drug-likeness (QED) is 0.658. The minimum Gasteiger partial charge on any atom is -0.493 e. The highest BCUT2D eigenvalue weighted by Gasteiger charge is 2.20. The van der Waals surface area contributed by atoms with Gasteiger partial charge in [0.15, 0.2) is 0 Å². The van der Waals surface area contributed by atoms with Crippen molar-refractivity contribution in [3.63, 3.8) is 0 Å². The number of esters is 1. The van der Waals surface area contributed by atoms with E-state index in [1.807, 2.05) is 36.7 Å². The number of carbonyl (C=O) groups is 1. The molecular weight excluding hydrogens is 413 g/mol. The fraction of sp³-hybridized carbons (Fsp3) is 0.429. The van der Waals surface area contributed by atoms with Gasteiger partial charge in [-0.05, 0) is 48.6 Å². The number of pyridine rings is 1. The second-order valence-electron chi connectivity index (χ2n) is 6.90. The van der Waals surface area contributed by atoms with Crippen molar-refractivity contribution in [3.05, 3.63) is 54.4 Å². The molecule has 1 aromatic carbocycles. The minimum absolute atomic E-state index is 0. The number of carbonyl (C=O) groups excluding carboxylic acids is 1. The Morgan fingerprint density at radius 2 is 1.76 bits per heavy atom. The number of hydrogen-bond acceptors (Lipinski definition) is 6. The lowest BCUT2D eigenvalue weighted by Gasteiger charge is -2.33. The third kappa shape index (κ3) is 7.38. The summed E-state index contributed by atoms with van der Waals surface area (Å²) in [7, 11) is 1.37. The first-order chi connectivity index (χ1) is 13.2. The molecule has 1 aliphatic heterocycles. The minimum atomic E-state index is -0.357. The molecule has 0 saturated carbocycles. The lowest BCUT2D eigenvalue weighted by atomic mass is 9.97. The summed E-state index contributed by atoms with van der Waals surface area (Å²) in [5.74, 6) is 1.09. The van der Waals surface area contributed by atoms with Crippen LogP contribution in [0.5, 0.6) is 5.75 Å². The number of halogens is 2. The normalized spacial score (nSPS) is 14.9. The van der Waals surface area contributed by atoms with Gasteiger partial charge in [0.25, 0.3) is 0 Å². The Morgan fingerprint density at radius 1 is 1.14 bits per heavy atom. The van der Waals surface area contributed by atoms with Crippen molar-refractivity contribution in [2.45, 2.75) is 25.3 Å². The molecule has 0 aliphatic carbocycles. The number of benzene rings is 1. The van der Waals surface area contributed by atoms with Gasteiger partial charge < -0.3 is 20.1 Å². The molecule has 160 valence electrons. The van der Waals surface area contributed by atoms with Crippen molar-refractivity contribution < 1.29 is 14.3 Å². The Kier molecular flexibility index (Phi) is 10.8. The van der Waals surface area contributed by atoms with E-state index in [-0.39, 0.29) is 43.2 Å². The maximum atomic E-state index is 11.3. The van der Waals surface area contributed by atoms with Crippen molar-refractivity contribution >= 4 is 36.5 Å². The number of piperidine rings is 1.